The first kappa shape index (κ1) is 13.9. The molecule has 1 heterocycles. The fraction of sp³-hybridized carbons (Fsp3) is 0.467. The summed E-state index contributed by atoms with van der Waals surface area (Å²) in [6.45, 7) is 2.42. The third-order valence-electron chi connectivity index (χ3n) is 3.03. The Bertz CT molecular complexity index is 473. The summed E-state index contributed by atoms with van der Waals surface area (Å²) >= 11 is 0. The van der Waals surface area contributed by atoms with Crippen LogP contribution in [0, 0.1) is 23.6 Å². The highest BCUT2D eigenvalue weighted by Gasteiger charge is 2.14. The molecule has 2 N–H and O–H groups in total. The van der Waals surface area contributed by atoms with E-state index in [2.05, 4.69) is 11.8 Å². The van der Waals surface area contributed by atoms with Gasteiger partial charge in [-0.05, 0) is 30.9 Å². The van der Waals surface area contributed by atoms with E-state index in [1.807, 2.05) is 0 Å². The van der Waals surface area contributed by atoms with E-state index in [-0.39, 0.29) is 12.4 Å². The largest absolute Gasteiger partial charge is 0.493 e. The van der Waals surface area contributed by atoms with E-state index in [1.165, 1.54) is 12.1 Å². The average Bonchev–Trinajstić information content (AvgIpc) is 2.43. The Hall–Kier alpha value is -1.57. The van der Waals surface area contributed by atoms with Gasteiger partial charge in [0.25, 0.3) is 0 Å². The van der Waals surface area contributed by atoms with Crippen LogP contribution in [-0.2, 0) is 4.74 Å². The van der Waals surface area contributed by atoms with Gasteiger partial charge in [0.15, 0.2) is 0 Å². The molecule has 0 atom stereocenters. The highest BCUT2D eigenvalue weighted by atomic mass is 19.1. The monoisotopic (exact) mass is 263 g/mol. The van der Waals surface area contributed by atoms with Crippen molar-refractivity contribution in [2.45, 2.75) is 12.8 Å². The van der Waals surface area contributed by atoms with Gasteiger partial charge in [-0.15, -0.1) is 0 Å². The third-order valence-corrected chi connectivity index (χ3v) is 3.03. The summed E-state index contributed by atoms with van der Waals surface area (Å²) in [6, 6.07) is 4.50. The fourth-order valence-electron chi connectivity index (χ4n) is 2.00. The van der Waals surface area contributed by atoms with Crippen LogP contribution in [0.15, 0.2) is 18.2 Å². The number of halogens is 1. The Morgan fingerprint density at radius 3 is 2.84 bits per heavy atom. The van der Waals surface area contributed by atoms with Gasteiger partial charge >= 0.3 is 0 Å². The van der Waals surface area contributed by atoms with Gasteiger partial charge in [-0.3, -0.25) is 0 Å². The molecule has 1 aliphatic heterocycles. The molecule has 0 aliphatic carbocycles. The Labute approximate surface area is 112 Å². The molecule has 0 spiro atoms. The molecule has 102 valence electrons. The van der Waals surface area contributed by atoms with E-state index in [0.29, 0.717) is 23.8 Å². The fourth-order valence-corrected chi connectivity index (χ4v) is 2.00. The summed E-state index contributed by atoms with van der Waals surface area (Å²) in [5, 5.41) is 0. The van der Waals surface area contributed by atoms with Gasteiger partial charge in [-0.2, -0.15) is 0 Å². The first-order valence-electron chi connectivity index (χ1n) is 6.48. The first-order chi connectivity index (χ1) is 9.28. The lowest BCUT2D eigenvalue weighted by Crippen LogP contribution is -2.21. The van der Waals surface area contributed by atoms with E-state index in [9.17, 15) is 4.39 Å². The van der Waals surface area contributed by atoms with Crippen molar-refractivity contribution in [1.29, 1.82) is 0 Å². The van der Waals surface area contributed by atoms with Crippen LogP contribution in [0.1, 0.15) is 18.4 Å². The molecular formula is C15H18FNO2. The maximum absolute atomic E-state index is 13.4. The zero-order valence-corrected chi connectivity index (χ0v) is 10.8. The molecule has 1 saturated heterocycles. The second-order valence-corrected chi connectivity index (χ2v) is 4.55. The summed E-state index contributed by atoms with van der Waals surface area (Å²) in [7, 11) is 0. The molecule has 0 radical (unpaired) electrons. The van der Waals surface area contributed by atoms with Crippen molar-refractivity contribution in [1.82, 2.24) is 0 Å². The van der Waals surface area contributed by atoms with Crippen LogP contribution in [-0.4, -0.2) is 26.4 Å². The van der Waals surface area contributed by atoms with Crippen molar-refractivity contribution in [3.8, 4) is 17.6 Å². The van der Waals surface area contributed by atoms with Crippen LogP contribution in [0.4, 0.5) is 4.39 Å². The molecule has 1 fully saturated rings. The van der Waals surface area contributed by atoms with Crippen molar-refractivity contribution >= 4 is 0 Å². The number of rotatable bonds is 3. The molecule has 0 saturated carbocycles. The lowest BCUT2D eigenvalue weighted by molar-refractivity contribution is 0.0497. The molecule has 1 aromatic rings. The molecule has 4 heteroatoms. The van der Waals surface area contributed by atoms with Crippen LogP contribution < -0.4 is 10.5 Å². The summed E-state index contributed by atoms with van der Waals surface area (Å²) < 4.78 is 24.4. The molecule has 0 unspecified atom stereocenters. The van der Waals surface area contributed by atoms with Gasteiger partial charge in [0.1, 0.15) is 11.6 Å². The molecule has 0 aromatic heterocycles. The van der Waals surface area contributed by atoms with Gasteiger partial charge in [0.2, 0.25) is 0 Å². The van der Waals surface area contributed by atoms with Crippen LogP contribution in [0.2, 0.25) is 0 Å². The third kappa shape index (κ3) is 4.55. The normalized spacial score (nSPS) is 15.7. The Morgan fingerprint density at radius 1 is 1.32 bits per heavy atom. The van der Waals surface area contributed by atoms with E-state index in [1.54, 1.807) is 6.07 Å². The first-order valence-corrected chi connectivity index (χ1v) is 6.48. The van der Waals surface area contributed by atoms with Gasteiger partial charge in [-0.1, -0.05) is 11.8 Å². The minimum Gasteiger partial charge on any atom is -0.493 e. The second-order valence-electron chi connectivity index (χ2n) is 4.55. The maximum atomic E-state index is 13.4. The van der Waals surface area contributed by atoms with Crippen LogP contribution in [0.3, 0.4) is 0 Å². The zero-order valence-electron chi connectivity index (χ0n) is 10.8. The summed E-state index contributed by atoms with van der Waals surface area (Å²) in [5.41, 5.74) is 5.89. The maximum Gasteiger partial charge on any atom is 0.128 e. The van der Waals surface area contributed by atoms with E-state index < -0.39 is 0 Å². The SMILES string of the molecule is NCC#Cc1cc(F)cc(OCC2CCOCC2)c1. The van der Waals surface area contributed by atoms with Gasteiger partial charge in [-0.25, -0.2) is 4.39 Å². The molecule has 0 bridgehead atoms. The van der Waals surface area contributed by atoms with E-state index in [4.69, 9.17) is 15.2 Å². The van der Waals surface area contributed by atoms with Crippen molar-refractivity contribution in [2.24, 2.45) is 11.7 Å². The van der Waals surface area contributed by atoms with Crippen molar-refractivity contribution in [2.75, 3.05) is 26.4 Å². The second kappa shape index (κ2) is 7.13. The predicted octanol–water partition coefficient (Wildman–Crippen LogP) is 1.94. The molecule has 19 heavy (non-hydrogen) atoms. The lowest BCUT2D eigenvalue weighted by atomic mass is 10.0. The van der Waals surface area contributed by atoms with E-state index in [0.717, 1.165) is 26.1 Å². The number of benzene rings is 1. The number of hydrogen-bond acceptors (Lipinski definition) is 3. The predicted molar refractivity (Wildman–Crippen MR) is 71.4 cm³/mol. The number of ether oxygens (including phenoxy) is 2. The van der Waals surface area contributed by atoms with E-state index >= 15 is 0 Å². The highest BCUT2D eigenvalue weighted by molar-refractivity contribution is 5.40. The molecule has 1 aliphatic rings. The van der Waals surface area contributed by atoms with Crippen molar-refractivity contribution < 1.29 is 13.9 Å². The summed E-state index contributed by atoms with van der Waals surface area (Å²) in [5.74, 6) is 6.17. The van der Waals surface area contributed by atoms with Crippen LogP contribution in [0.5, 0.6) is 5.75 Å². The van der Waals surface area contributed by atoms with Crippen molar-refractivity contribution in [3.05, 3.63) is 29.6 Å². The Kier molecular flexibility index (Phi) is 5.20. The smallest absolute Gasteiger partial charge is 0.128 e. The Balaban J connectivity index is 1.97. The topological polar surface area (TPSA) is 44.5 Å². The minimum absolute atomic E-state index is 0.259. The number of hydrogen-bond donors (Lipinski definition) is 1. The van der Waals surface area contributed by atoms with Crippen molar-refractivity contribution in [3.63, 3.8) is 0 Å². The minimum atomic E-state index is -0.342. The summed E-state index contributed by atoms with van der Waals surface area (Å²) in [6.07, 6.45) is 1.99. The quantitative estimate of drug-likeness (QED) is 0.848. The lowest BCUT2D eigenvalue weighted by Gasteiger charge is -2.22. The van der Waals surface area contributed by atoms with Gasteiger partial charge in [0.05, 0.1) is 13.2 Å². The average molecular weight is 263 g/mol. The highest BCUT2D eigenvalue weighted by Crippen LogP contribution is 2.20. The van der Waals surface area contributed by atoms with Gasteiger partial charge in [0, 0.05) is 24.8 Å². The summed E-state index contributed by atoms with van der Waals surface area (Å²) in [4.78, 5) is 0. The molecular weight excluding hydrogens is 245 g/mol. The standard InChI is InChI=1S/C15H18FNO2/c16-14-8-13(2-1-5-17)9-15(10-14)19-11-12-3-6-18-7-4-12/h8-10,12H,3-7,11,17H2. The molecule has 0 amide bonds. The molecule has 3 nitrogen and oxygen atoms in total. The Morgan fingerprint density at radius 2 is 2.11 bits per heavy atom. The molecule has 2 rings (SSSR count). The van der Waals surface area contributed by atoms with Crippen LogP contribution in [0.25, 0.3) is 0 Å². The number of nitrogens with two attached hydrogens (primary N) is 1. The van der Waals surface area contributed by atoms with Gasteiger partial charge < -0.3 is 15.2 Å². The zero-order chi connectivity index (χ0) is 13.5. The van der Waals surface area contributed by atoms with Crippen LogP contribution >= 0.6 is 0 Å². The molecule has 1 aromatic carbocycles.